The molecule has 4 nitrogen and oxygen atoms in total. The zero-order valence-corrected chi connectivity index (χ0v) is 11.5. The smallest absolute Gasteiger partial charge is 0.247 e. The average Bonchev–Trinajstić information content (AvgIpc) is 2.48. The Morgan fingerprint density at radius 3 is 2.40 bits per heavy atom. The number of nitrogens with one attached hydrogen (secondary N) is 2. The van der Waals surface area contributed by atoms with Crippen molar-refractivity contribution in [1.82, 2.24) is 0 Å². The van der Waals surface area contributed by atoms with Gasteiger partial charge < -0.3 is 10.6 Å². The molecule has 0 saturated heterocycles. The lowest BCUT2D eigenvalue weighted by molar-refractivity contribution is -0.120. The number of benzene rings is 1. The summed E-state index contributed by atoms with van der Waals surface area (Å²) in [6.45, 7) is 3.41. The predicted molar refractivity (Wildman–Crippen MR) is 80.5 cm³/mol. The molecular weight excluding hydrogens is 252 g/mol. The summed E-state index contributed by atoms with van der Waals surface area (Å²) in [4.78, 5) is 23.4. The SMILES string of the molecule is C=CC(=O)Nc1cccc(NC(=O)C2CCCCC2)c1. The molecule has 1 fully saturated rings. The number of amides is 2. The van der Waals surface area contributed by atoms with E-state index in [1.165, 1.54) is 12.5 Å². The van der Waals surface area contributed by atoms with Gasteiger partial charge in [0.25, 0.3) is 0 Å². The Hall–Kier alpha value is -2.10. The maximum absolute atomic E-state index is 12.1. The highest BCUT2D eigenvalue weighted by Crippen LogP contribution is 2.25. The van der Waals surface area contributed by atoms with E-state index in [1.807, 2.05) is 6.07 Å². The predicted octanol–water partition coefficient (Wildman–Crippen LogP) is 3.33. The first-order valence-corrected chi connectivity index (χ1v) is 7.03. The summed E-state index contributed by atoms with van der Waals surface area (Å²) in [5, 5.41) is 5.60. The standard InChI is InChI=1S/C16H20N2O2/c1-2-15(19)17-13-9-6-10-14(11-13)18-16(20)12-7-4-3-5-8-12/h2,6,9-12H,1,3-5,7-8H2,(H,17,19)(H,18,20). The second kappa shape index (κ2) is 6.89. The first-order valence-electron chi connectivity index (χ1n) is 7.03. The second-order valence-corrected chi connectivity index (χ2v) is 5.10. The summed E-state index contributed by atoms with van der Waals surface area (Å²) in [6.07, 6.45) is 6.65. The molecule has 2 amide bonds. The zero-order valence-electron chi connectivity index (χ0n) is 11.5. The highest BCUT2D eigenvalue weighted by molar-refractivity contribution is 5.99. The van der Waals surface area contributed by atoms with Gasteiger partial charge in [-0.25, -0.2) is 0 Å². The Balaban J connectivity index is 1.98. The molecule has 1 saturated carbocycles. The van der Waals surface area contributed by atoms with E-state index in [1.54, 1.807) is 18.2 Å². The molecule has 4 heteroatoms. The van der Waals surface area contributed by atoms with E-state index in [4.69, 9.17) is 0 Å². The van der Waals surface area contributed by atoms with Gasteiger partial charge in [0.05, 0.1) is 0 Å². The Morgan fingerprint density at radius 2 is 1.75 bits per heavy atom. The van der Waals surface area contributed by atoms with Crippen LogP contribution in [-0.4, -0.2) is 11.8 Å². The van der Waals surface area contributed by atoms with Gasteiger partial charge in [-0.2, -0.15) is 0 Å². The van der Waals surface area contributed by atoms with E-state index >= 15 is 0 Å². The van der Waals surface area contributed by atoms with Crippen molar-refractivity contribution in [1.29, 1.82) is 0 Å². The molecule has 106 valence electrons. The summed E-state index contributed by atoms with van der Waals surface area (Å²) in [7, 11) is 0. The first kappa shape index (κ1) is 14.3. The number of hydrogen-bond donors (Lipinski definition) is 2. The number of carbonyl (C=O) groups is 2. The van der Waals surface area contributed by atoms with Crippen LogP contribution >= 0.6 is 0 Å². The van der Waals surface area contributed by atoms with E-state index in [-0.39, 0.29) is 17.7 Å². The largest absolute Gasteiger partial charge is 0.326 e. The van der Waals surface area contributed by atoms with Gasteiger partial charge in [-0.1, -0.05) is 31.9 Å². The van der Waals surface area contributed by atoms with Gasteiger partial charge in [0.1, 0.15) is 0 Å². The van der Waals surface area contributed by atoms with Gasteiger partial charge in [-0.05, 0) is 37.1 Å². The average molecular weight is 272 g/mol. The van der Waals surface area contributed by atoms with Crippen LogP contribution in [0.1, 0.15) is 32.1 Å². The van der Waals surface area contributed by atoms with E-state index in [0.717, 1.165) is 25.7 Å². The van der Waals surface area contributed by atoms with Gasteiger partial charge in [-0.15, -0.1) is 0 Å². The highest BCUT2D eigenvalue weighted by atomic mass is 16.2. The van der Waals surface area contributed by atoms with Gasteiger partial charge in [0.2, 0.25) is 11.8 Å². The Morgan fingerprint density at radius 1 is 1.10 bits per heavy atom. The van der Waals surface area contributed by atoms with Crippen molar-refractivity contribution in [3.05, 3.63) is 36.9 Å². The molecule has 2 rings (SSSR count). The van der Waals surface area contributed by atoms with Crippen molar-refractivity contribution < 1.29 is 9.59 Å². The molecule has 0 aromatic heterocycles. The molecule has 1 aliphatic carbocycles. The maximum Gasteiger partial charge on any atom is 0.247 e. The van der Waals surface area contributed by atoms with Crippen molar-refractivity contribution in [3.8, 4) is 0 Å². The third-order valence-electron chi connectivity index (χ3n) is 3.56. The molecule has 0 radical (unpaired) electrons. The lowest BCUT2D eigenvalue weighted by Gasteiger charge is -2.20. The fourth-order valence-electron chi connectivity index (χ4n) is 2.48. The molecule has 20 heavy (non-hydrogen) atoms. The lowest BCUT2D eigenvalue weighted by Crippen LogP contribution is -2.24. The molecule has 0 spiro atoms. The van der Waals surface area contributed by atoms with Crippen LogP contribution in [0.3, 0.4) is 0 Å². The van der Waals surface area contributed by atoms with Crippen LogP contribution in [-0.2, 0) is 9.59 Å². The number of rotatable bonds is 4. The molecule has 0 aliphatic heterocycles. The van der Waals surface area contributed by atoms with Gasteiger partial charge >= 0.3 is 0 Å². The maximum atomic E-state index is 12.1. The third kappa shape index (κ3) is 3.95. The normalized spacial score (nSPS) is 15.4. The van der Waals surface area contributed by atoms with Gasteiger partial charge in [0, 0.05) is 17.3 Å². The van der Waals surface area contributed by atoms with E-state index in [0.29, 0.717) is 11.4 Å². The molecule has 0 heterocycles. The first-order chi connectivity index (χ1) is 9.69. The minimum Gasteiger partial charge on any atom is -0.326 e. The van der Waals surface area contributed by atoms with E-state index in [2.05, 4.69) is 17.2 Å². The summed E-state index contributed by atoms with van der Waals surface area (Å²) in [6, 6.07) is 7.15. The van der Waals surface area contributed by atoms with Crippen LogP contribution in [0.25, 0.3) is 0 Å². The van der Waals surface area contributed by atoms with Crippen molar-refractivity contribution in [3.63, 3.8) is 0 Å². The van der Waals surface area contributed by atoms with Gasteiger partial charge in [0.15, 0.2) is 0 Å². The van der Waals surface area contributed by atoms with Crippen LogP contribution in [0, 0.1) is 5.92 Å². The molecule has 0 atom stereocenters. The van der Waals surface area contributed by atoms with E-state index < -0.39 is 0 Å². The Labute approximate surface area is 119 Å². The van der Waals surface area contributed by atoms with Crippen molar-refractivity contribution in [2.45, 2.75) is 32.1 Å². The van der Waals surface area contributed by atoms with Crippen LogP contribution < -0.4 is 10.6 Å². The minimum atomic E-state index is -0.263. The number of anilines is 2. The Kier molecular flexibility index (Phi) is 4.93. The van der Waals surface area contributed by atoms with Crippen molar-refractivity contribution in [2.75, 3.05) is 10.6 Å². The molecule has 0 unspecified atom stereocenters. The van der Waals surface area contributed by atoms with Crippen LogP contribution in [0.2, 0.25) is 0 Å². The quantitative estimate of drug-likeness (QED) is 0.826. The summed E-state index contributed by atoms with van der Waals surface area (Å²) < 4.78 is 0. The van der Waals surface area contributed by atoms with Crippen LogP contribution in [0.15, 0.2) is 36.9 Å². The third-order valence-corrected chi connectivity index (χ3v) is 3.56. The lowest BCUT2D eigenvalue weighted by atomic mass is 9.88. The fraction of sp³-hybridized carbons (Fsp3) is 0.375. The molecule has 1 aromatic carbocycles. The molecule has 0 bridgehead atoms. The minimum absolute atomic E-state index is 0.0805. The summed E-state index contributed by atoms with van der Waals surface area (Å²) >= 11 is 0. The zero-order chi connectivity index (χ0) is 14.4. The highest BCUT2D eigenvalue weighted by Gasteiger charge is 2.20. The van der Waals surface area contributed by atoms with Crippen molar-refractivity contribution in [2.24, 2.45) is 5.92 Å². The fourth-order valence-corrected chi connectivity index (χ4v) is 2.48. The van der Waals surface area contributed by atoms with E-state index in [9.17, 15) is 9.59 Å². The Bertz CT molecular complexity index is 505. The molecule has 2 N–H and O–H groups in total. The molecule has 1 aliphatic rings. The van der Waals surface area contributed by atoms with Gasteiger partial charge in [-0.3, -0.25) is 9.59 Å². The topological polar surface area (TPSA) is 58.2 Å². The van der Waals surface area contributed by atoms with Crippen LogP contribution in [0.5, 0.6) is 0 Å². The molecular formula is C16H20N2O2. The summed E-state index contributed by atoms with van der Waals surface area (Å²) in [5.74, 6) is -0.0622. The number of hydrogen-bond acceptors (Lipinski definition) is 2. The summed E-state index contributed by atoms with van der Waals surface area (Å²) in [5.41, 5.74) is 1.36. The monoisotopic (exact) mass is 272 g/mol. The second-order valence-electron chi connectivity index (χ2n) is 5.10. The van der Waals surface area contributed by atoms with Crippen LogP contribution in [0.4, 0.5) is 11.4 Å². The molecule has 1 aromatic rings. The number of carbonyl (C=O) groups excluding carboxylic acids is 2. The van der Waals surface area contributed by atoms with Crippen molar-refractivity contribution >= 4 is 23.2 Å².